The molecule has 1 aromatic heterocycles. The lowest BCUT2D eigenvalue weighted by molar-refractivity contribution is 0.0992. The number of carbonyl (C=O) groups is 1. The number of aromatic hydroxyl groups is 1. The van der Waals surface area contributed by atoms with Crippen LogP contribution in [0.5, 0.6) is 11.5 Å². The average Bonchev–Trinajstić information content (AvgIpc) is 3.10. The van der Waals surface area contributed by atoms with Gasteiger partial charge in [0.05, 0.1) is 7.11 Å². The van der Waals surface area contributed by atoms with Gasteiger partial charge in [-0.25, -0.2) is 0 Å². The summed E-state index contributed by atoms with van der Waals surface area (Å²) in [5, 5.41) is 11.4. The van der Waals surface area contributed by atoms with Crippen LogP contribution in [0.25, 0.3) is 10.4 Å². The number of benzene rings is 2. The molecule has 0 saturated carbocycles. The average molecular weight is 324 g/mol. The summed E-state index contributed by atoms with van der Waals surface area (Å²) in [6, 6.07) is 16.3. The lowest BCUT2D eigenvalue weighted by Crippen LogP contribution is -2.05. The number of Topliss-reactive ketones (excluding diaryl/α,β-unsaturated/α-hetero) is 1. The Labute approximate surface area is 138 Å². The lowest BCUT2D eigenvalue weighted by atomic mass is 10.00. The van der Waals surface area contributed by atoms with Gasteiger partial charge in [0.1, 0.15) is 11.5 Å². The molecule has 3 rings (SSSR count). The quantitative estimate of drug-likeness (QED) is 0.700. The van der Waals surface area contributed by atoms with Crippen molar-refractivity contribution in [3.8, 4) is 21.9 Å². The van der Waals surface area contributed by atoms with Crippen molar-refractivity contribution < 1.29 is 14.6 Å². The number of rotatable bonds is 5. The summed E-state index contributed by atoms with van der Waals surface area (Å²) >= 11 is 1.66. The Morgan fingerprint density at radius 1 is 1.13 bits per heavy atom. The minimum absolute atomic E-state index is 0.00775. The van der Waals surface area contributed by atoms with Crippen molar-refractivity contribution in [2.45, 2.75) is 6.42 Å². The van der Waals surface area contributed by atoms with Crippen LogP contribution in [0.2, 0.25) is 0 Å². The smallest absolute Gasteiger partial charge is 0.167 e. The maximum absolute atomic E-state index is 12.5. The van der Waals surface area contributed by atoms with Gasteiger partial charge in [-0.05, 0) is 59.5 Å². The van der Waals surface area contributed by atoms with Gasteiger partial charge in [-0.1, -0.05) is 6.07 Å². The molecule has 1 heterocycles. The Morgan fingerprint density at radius 3 is 2.57 bits per heavy atom. The molecule has 0 aliphatic rings. The van der Waals surface area contributed by atoms with Crippen molar-refractivity contribution >= 4 is 17.1 Å². The van der Waals surface area contributed by atoms with Crippen molar-refractivity contribution in [3.05, 3.63) is 71.1 Å². The summed E-state index contributed by atoms with van der Waals surface area (Å²) in [5.41, 5.74) is 2.51. The van der Waals surface area contributed by atoms with Gasteiger partial charge in [-0.15, -0.1) is 11.3 Å². The van der Waals surface area contributed by atoms with Gasteiger partial charge in [-0.3, -0.25) is 4.79 Å². The Bertz CT molecular complexity index is 805. The topological polar surface area (TPSA) is 46.5 Å². The van der Waals surface area contributed by atoms with E-state index in [1.54, 1.807) is 30.6 Å². The molecule has 0 saturated heterocycles. The van der Waals surface area contributed by atoms with Crippen LogP contribution >= 0.6 is 11.3 Å². The van der Waals surface area contributed by atoms with E-state index < -0.39 is 0 Å². The first-order valence-corrected chi connectivity index (χ1v) is 8.08. The summed E-state index contributed by atoms with van der Waals surface area (Å²) in [4.78, 5) is 13.6. The van der Waals surface area contributed by atoms with Crippen molar-refractivity contribution in [1.82, 2.24) is 0 Å². The van der Waals surface area contributed by atoms with Crippen LogP contribution in [-0.4, -0.2) is 18.0 Å². The molecule has 0 amide bonds. The Morgan fingerprint density at radius 2 is 1.91 bits per heavy atom. The molecule has 2 aromatic carbocycles. The third-order valence-corrected chi connectivity index (χ3v) is 4.55. The molecule has 23 heavy (non-hydrogen) atoms. The van der Waals surface area contributed by atoms with Gasteiger partial charge in [0.15, 0.2) is 5.78 Å². The van der Waals surface area contributed by atoms with Crippen LogP contribution in [-0.2, 0) is 6.42 Å². The third-order valence-electron chi connectivity index (χ3n) is 3.63. The zero-order valence-electron chi connectivity index (χ0n) is 12.7. The molecule has 4 heteroatoms. The van der Waals surface area contributed by atoms with Gasteiger partial charge in [0.25, 0.3) is 0 Å². The highest BCUT2D eigenvalue weighted by molar-refractivity contribution is 7.13. The Kier molecular flexibility index (Phi) is 4.44. The number of thiophene rings is 1. The van der Waals surface area contributed by atoms with Crippen LogP contribution < -0.4 is 4.74 Å². The van der Waals surface area contributed by atoms with E-state index in [4.69, 9.17) is 4.74 Å². The number of hydrogen-bond acceptors (Lipinski definition) is 4. The van der Waals surface area contributed by atoms with Gasteiger partial charge >= 0.3 is 0 Å². The molecule has 0 fully saturated rings. The molecule has 0 radical (unpaired) electrons. The molecule has 0 aliphatic heterocycles. The van der Waals surface area contributed by atoms with E-state index in [1.807, 2.05) is 29.6 Å². The summed E-state index contributed by atoms with van der Waals surface area (Å²) < 4.78 is 5.38. The number of carbonyl (C=O) groups excluding carboxylic acids is 1. The number of phenolic OH excluding ortho intramolecular Hbond substituents is 1. The predicted molar refractivity (Wildman–Crippen MR) is 92.4 cm³/mol. The molecule has 0 aliphatic carbocycles. The zero-order chi connectivity index (χ0) is 16.2. The molecule has 116 valence electrons. The fraction of sp³-hybridized carbons (Fsp3) is 0.105. The first kappa shape index (κ1) is 15.3. The van der Waals surface area contributed by atoms with Crippen LogP contribution in [0, 0.1) is 0 Å². The van der Waals surface area contributed by atoms with E-state index in [0.29, 0.717) is 11.3 Å². The van der Waals surface area contributed by atoms with E-state index in [2.05, 4.69) is 6.07 Å². The highest BCUT2D eigenvalue weighted by atomic mass is 32.1. The number of ketones is 1. The number of methoxy groups -OCH3 is 1. The van der Waals surface area contributed by atoms with Gasteiger partial charge in [-0.2, -0.15) is 0 Å². The maximum Gasteiger partial charge on any atom is 0.167 e. The van der Waals surface area contributed by atoms with Crippen molar-refractivity contribution in [3.63, 3.8) is 0 Å². The summed E-state index contributed by atoms with van der Waals surface area (Å²) in [6.07, 6.45) is 0.257. The highest BCUT2D eigenvalue weighted by Gasteiger charge is 2.13. The molecule has 0 spiro atoms. The molecule has 0 atom stereocenters. The SMILES string of the molecule is COc1ccc(-c2cccs2)cc1CC(=O)c1ccc(O)cc1. The first-order valence-electron chi connectivity index (χ1n) is 7.20. The fourth-order valence-electron chi connectivity index (χ4n) is 2.44. The van der Waals surface area contributed by atoms with Crippen molar-refractivity contribution in [2.75, 3.05) is 7.11 Å². The molecular weight excluding hydrogens is 308 g/mol. The molecule has 3 nitrogen and oxygen atoms in total. The molecule has 0 bridgehead atoms. The molecule has 3 aromatic rings. The van der Waals surface area contributed by atoms with Gasteiger partial charge in [0.2, 0.25) is 0 Å². The Balaban J connectivity index is 1.90. The van der Waals surface area contributed by atoms with Crippen LogP contribution in [0.1, 0.15) is 15.9 Å². The minimum atomic E-state index is -0.00775. The van der Waals surface area contributed by atoms with E-state index in [-0.39, 0.29) is 18.0 Å². The first-order chi connectivity index (χ1) is 11.2. The second kappa shape index (κ2) is 6.67. The normalized spacial score (nSPS) is 10.5. The van der Waals surface area contributed by atoms with E-state index in [1.165, 1.54) is 12.1 Å². The minimum Gasteiger partial charge on any atom is -0.508 e. The van der Waals surface area contributed by atoms with E-state index in [0.717, 1.165) is 16.0 Å². The summed E-state index contributed by atoms with van der Waals surface area (Å²) in [6.45, 7) is 0. The second-order valence-corrected chi connectivity index (χ2v) is 6.10. The van der Waals surface area contributed by atoms with E-state index >= 15 is 0 Å². The predicted octanol–water partition coefficient (Wildman–Crippen LogP) is 4.55. The van der Waals surface area contributed by atoms with Crippen molar-refractivity contribution in [1.29, 1.82) is 0 Å². The largest absolute Gasteiger partial charge is 0.508 e. The highest BCUT2D eigenvalue weighted by Crippen LogP contribution is 2.30. The lowest BCUT2D eigenvalue weighted by Gasteiger charge is -2.10. The standard InChI is InChI=1S/C19H16O3S/c1-22-18-9-6-14(19-3-2-10-23-19)11-15(18)12-17(21)13-4-7-16(20)8-5-13/h2-11,20H,12H2,1H3. The monoisotopic (exact) mass is 324 g/mol. The maximum atomic E-state index is 12.5. The van der Waals surface area contributed by atoms with Crippen LogP contribution in [0.3, 0.4) is 0 Å². The van der Waals surface area contributed by atoms with Crippen molar-refractivity contribution in [2.24, 2.45) is 0 Å². The van der Waals surface area contributed by atoms with Gasteiger partial charge < -0.3 is 9.84 Å². The van der Waals surface area contributed by atoms with Crippen LogP contribution in [0.15, 0.2) is 60.0 Å². The Hall–Kier alpha value is -2.59. The third kappa shape index (κ3) is 3.43. The summed E-state index contributed by atoms with van der Waals surface area (Å²) in [5.74, 6) is 0.850. The number of ether oxygens (including phenoxy) is 1. The summed E-state index contributed by atoms with van der Waals surface area (Å²) in [7, 11) is 1.61. The van der Waals surface area contributed by atoms with Gasteiger partial charge in [0, 0.05) is 22.4 Å². The molecule has 1 N–H and O–H groups in total. The molecular formula is C19H16O3S. The zero-order valence-corrected chi connectivity index (χ0v) is 13.5. The second-order valence-electron chi connectivity index (χ2n) is 5.15. The number of hydrogen-bond donors (Lipinski definition) is 1. The van der Waals surface area contributed by atoms with E-state index in [9.17, 15) is 9.90 Å². The fourth-order valence-corrected chi connectivity index (χ4v) is 3.16. The number of phenols is 1. The molecule has 0 unspecified atom stereocenters. The van der Waals surface area contributed by atoms with Crippen LogP contribution in [0.4, 0.5) is 0 Å².